The van der Waals surface area contributed by atoms with E-state index in [1.165, 1.54) is 36.1 Å². The van der Waals surface area contributed by atoms with Crippen molar-refractivity contribution in [2.45, 2.75) is 30.6 Å². The van der Waals surface area contributed by atoms with Crippen molar-refractivity contribution in [3.63, 3.8) is 0 Å². The van der Waals surface area contributed by atoms with Crippen molar-refractivity contribution in [1.82, 2.24) is 4.31 Å². The molecule has 1 aromatic carbocycles. The lowest BCUT2D eigenvalue weighted by Gasteiger charge is -2.21. The highest BCUT2D eigenvalue weighted by Crippen LogP contribution is 2.28. The Kier molecular flexibility index (Phi) is 7.02. The van der Waals surface area contributed by atoms with Crippen molar-refractivity contribution in [3.8, 4) is 0 Å². The second kappa shape index (κ2) is 8.83. The molecule has 0 radical (unpaired) electrons. The monoisotopic (exact) mass is 383 g/mol. The van der Waals surface area contributed by atoms with Gasteiger partial charge in [-0.3, -0.25) is 4.79 Å². The van der Waals surface area contributed by atoms with Crippen LogP contribution in [0.4, 0.5) is 11.4 Å². The summed E-state index contributed by atoms with van der Waals surface area (Å²) in [6.45, 7) is 2.45. The number of quaternary nitrogens is 1. The van der Waals surface area contributed by atoms with Gasteiger partial charge in [-0.1, -0.05) is 0 Å². The molecule has 1 saturated heterocycles. The molecule has 1 aromatic rings. The number of hydrogen-bond acceptors (Lipinski definition) is 4. The Morgan fingerprint density at radius 1 is 1.08 bits per heavy atom. The first-order chi connectivity index (χ1) is 12.2. The molecule has 146 valence electrons. The maximum atomic E-state index is 12.6. The molecule has 0 unspecified atom stereocenters. The largest absolute Gasteiger partial charge is 0.376 e. The van der Waals surface area contributed by atoms with E-state index in [-0.39, 0.29) is 10.8 Å². The number of nitrogens with one attached hydrogen (secondary N) is 2. The van der Waals surface area contributed by atoms with Gasteiger partial charge in [-0.25, -0.2) is 12.7 Å². The summed E-state index contributed by atoms with van der Waals surface area (Å²) in [6.07, 6.45) is 4.78. The Morgan fingerprint density at radius 2 is 1.69 bits per heavy atom. The molecule has 1 heterocycles. The maximum absolute atomic E-state index is 12.6. The third-order valence-corrected chi connectivity index (χ3v) is 6.53. The summed E-state index contributed by atoms with van der Waals surface area (Å²) in [5.74, 6) is -0.0793. The molecule has 26 heavy (non-hydrogen) atoms. The smallest absolute Gasteiger partial charge is 0.279 e. The number of benzene rings is 1. The third-order valence-electron chi connectivity index (χ3n) is 4.72. The molecule has 0 spiro atoms. The minimum Gasteiger partial charge on any atom is -0.376 e. The Morgan fingerprint density at radius 3 is 2.23 bits per heavy atom. The number of anilines is 2. The van der Waals surface area contributed by atoms with Crippen LogP contribution in [0.15, 0.2) is 23.1 Å². The Labute approximate surface area is 157 Å². The molecule has 2 N–H and O–H groups in total. The molecule has 0 aliphatic carbocycles. The number of carbonyl (C=O) groups excluding carboxylic acids is 1. The number of carbonyl (C=O) groups is 1. The fourth-order valence-corrected chi connectivity index (χ4v) is 4.13. The third kappa shape index (κ3) is 5.18. The summed E-state index contributed by atoms with van der Waals surface area (Å²) < 4.78 is 26.0. The average molecular weight is 384 g/mol. The van der Waals surface area contributed by atoms with Crippen LogP contribution in [0.25, 0.3) is 0 Å². The summed E-state index contributed by atoms with van der Waals surface area (Å²) >= 11 is 0. The molecule has 0 bridgehead atoms. The SMILES string of the molecule is CN(C)c1ccc(S(=O)(=O)N(C)C)cc1NC(=O)C[NH+]1CCCCCC1. The van der Waals surface area contributed by atoms with Gasteiger partial charge in [0, 0.05) is 28.2 Å². The van der Waals surface area contributed by atoms with E-state index in [0.29, 0.717) is 12.2 Å². The van der Waals surface area contributed by atoms with E-state index in [4.69, 9.17) is 0 Å². The molecule has 1 fully saturated rings. The lowest BCUT2D eigenvalue weighted by atomic mass is 10.2. The molecule has 2 rings (SSSR count). The van der Waals surface area contributed by atoms with Crippen LogP contribution >= 0.6 is 0 Å². The molecule has 0 aromatic heterocycles. The molecule has 8 heteroatoms. The minimum atomic E-state index is -3.55. The standard InChI is InChI=1S/C18H30N4O3S/c1-20(2)17-10-9-15(26(24,25)21(3)4)13-16(17)19-18(23)14-22-11-7-5-6-8-12-22/h9-10,13H,5-8,11-12,14H2,1-4H3,(H,19,23)/p+1. The van der Waals surface area contributed by atoms with Crippen molar-refractivity contribution < 1.29 is 18.1 Å². The highest BCUT2D eigenvalue weighted by Gasteiger charge is 2.21. The predicted octanol–water partition coefficient (Wildman–Crippen LogP) is 0.400. The Balaban J connectivity index is 2.21. The van der Waals surface area contributed by atoms with Crippen molar-refractivity contribution in [3.05, 3.63) is 18.2 Å². The zero-order valence-corrected chi connectivity index (χ0v) is 17.0. The van der Waals surface area contributed by atoms with Crippen molar-refractivity contribution in [2.24, 2.45) is 0 Å². The van der Waals surface area contributed by atoms with Crippen molar-refractivity contribution in [2.75, 3.05) is 58.0 Å². The van der Waals surface area contributed by atoms with Crippen LogP contribution in [-0.4, -0.2) is 66.5 Å². The summed E-state index contributed by atoms with van der Waals surface area (Å²) in [5, 5.41) is 2.93. The van der Waals surface area contributed by atoms with Crippen LogP contribution in [0.3, 0.4) is 0 Å². The lowest BCUT2D eigenvalue weighted by Crippen LogP contribution is -3.12. The van der Waals surface area contributed by atoms with E-state index in [0.717, 1.165) is 31.6 Å². The first-order valence-electron chi connectivity index (χ1n) is 9.09. The maximum Gasteiger partial charge on any atom is 0.279 e. The molecule has 0 saturated carbocycles. The number of amides is 1. The summed E-state index contributed by atoms with van der Waals surface area (Å²) in [5.41, 5.74) is 1.30. The quantitative estimate of drug-likeness (QED) is 0.746. The van der Waals surface area contributed by atoms with Gasteiger partial charge in [0.25, 0.3) is 5.91 Å². The van der Waals surface area contributed by atoms with Crippen LogP contribution < -0.4 is 15.1 Å². The summed E-state index contributed by atoms with van der Waals surface area (Å²) in [6, 6.07) is 4.84. The van der Waals surface area contributed by atoms with Gasteiger partial charge in [-0.2, -0.15) is 0 Å². The molecule has 1 aliphatic rings. The van der Waals surface area contributed by atoms with Crippen LogP contribution in [-0.2, 0) is 14.8 Å². The number of rotatable bonds is 6. The highest BCUT2D eigenvalue weighted by atomic mass is 32.2. The number of nitrogens with zero attached hydrogens (tertiary/aromatic N) is 2. The topological polar surface area (TPSA) is 74.2 Å². The van der Waals surface area contributed by atoms with Crippen molar-refractivity contribution >= 4 is 27.3 Å². The number of likely N-dealkylation sites (tertiary alicyclic amines) is 1. The summed E-state index contributed by atoms with van der Waals surface area (Å²) in [7, 11) is 3.17. The highest BCUT2D eigenvalue weighted by molar-refractivity contribution is 7.89. The van der Waals surface area contributed by atoms with Crippen molar-refractivity contribution in [1.29, 1.82) is 0 Å². The fraction of sp³-hybridized carbons (Fsp3) is 0.611. The van der Waals surface area contributed by atoms with Gasteiger partial charge >= 0.3 is 0 Å². The van der Waals surface area contributed by atoms with E-state index in [2.05, 4.69) is 5.32 Å². The number of hydrogen-bond donors (Lipinski definition) is 2. The normalized spacial score (nSPS) is 16.3. The van der Waals surface area contributed by atoms with E-state index >= 15 is 0 Å². The molecular weight excluding hydrogens is 352 g/mol. The minimum absolute atomic E-state index is 0.0793. The van der Waals surface area contributed by atoms with Gasteiger partial charge in [0.15, 0.2) is 6.54 Å². The second-order valence-electron chi connectivity index (χ2n) is 7.25. The number of sulfonamides is 1. The first kappa shape index (κ1) is 20.7. The predicted molar refractivity (Wildman–Crippen MR) is 104 cm³/mol. The van der Waals surface area contributed by atoms with E-state index in [1.54, 1.807) is 18.2 Å². The van der Waals surface area contributed by atoms with Gasteiger partial charge in [0.05, 0.1) is 29.4 Å². The Bertz CT molecular complexity index is 724. The molecule has 1 amide bonds. The second-order valence-corrected chi connectivity index (χ2v) is 9.40. The summed E-state index contributed by atoms with van der Waals surface area (Å²) in [4.78, 5) is 15.9. The van der Waals surface area contributed by atoms with Crippen LogP contribution in [0, 0.1) is 0 Å². The van der Waals surface area contributed by atoms with E-state index in [9.17, 15) is 13.2 Å². The van der Waals surface area contributed by atoms with Gasteiger partial charge in [-0.05, 0) is 43.9 Å². The average Bonchev–Trinajstić information content (AvgIpc) is 2.82. The van der Waals surface area contributed by atoms with Crippen LogP contribution in [0.1, 0.15) is 25.7 Å². The van der Waals surface area contributed by atoms with E-state index in [1.807, 2.05) is 19.0 Å². The zero-order valence-electron chi connectivity index (χ0n) is 16.2. The Hall–Kier alpha value is -1.64. The molecule has 7 nitrogen and oxygen atoms in total. The van der Waals surface area contributed by atoms with E-state index < -0.39 is 10.0 Å². The van der Waals surface area contributed by atoms with Gasteiger partial charge < -0.3 is 15.1 Å². The zero-order chi connectivity index (χ0) is 19.3. The molecule has 1 aliphatic heterocycles. The molecule has 0 atom stereocenters. The van der Waals surface area contributed by atoms with Gasteiger partial charge in [0.2, 0.25) is 10.0 Å². The lowest BCUT2D eigenvalue weighted by molar-refractivity contribution is -0.890. The fourth-order valence-electron chi connectivity index (χ4n) is 3.20. The van der Waals surface area contributed by atoms with Gasteiger partial charge in [0.1, 0.15) is 0 Å². The van der Waals surface area contributed by atoms with Crippen LogP contribution in [0.2, 0.25) is 0 Å². The first-order valence-corrected chi connectivity index (χ1v) is 10.5. The molecular formula is C18H31N4O3S+. The van der Waals surface area contributed by atoms with Gasteiger partial charge in [-0.15, -0.1) is 0 Å². The van der Waals surface area contributed by atoms with Crippen LogP contribution in [0.5, 0.6) is 0 Å².